The van der Waals surface area contributed by atoms with Crippen LogP contribution in [0.2, 0.25) is 0 Å². The molecule has 0 saturated carbocycles. The molecule has 0 radical (unpaired) electrons. The van der Waals surface area contributed by atoms with Crippen LogP contribution in [0.1, 0.15) is 61.0 Å². The number of carboxylic acids is 1. The summed E-state index contributed by atoms with van der Waals surface area (Å²) in [6, 6.07) is 10.3. The Bertz CT molecular complexity index is 751. The van der Waals surface area contributed by atoms with E-state index < -0.39 is 5.97 Å². The first kappa shape index (κ1) is 17.7. The largest absolute Gasteiger partial charge is 0.478 e. The van der Waals surface area contributed by atoms with Gasteiger partial charge in [-0.1, -0.05) is 33.8 Å². The molecule has 0 bridgehead atoms. The number of aromatic carboxylic acids is 1. The van der Waals surface area contributed by atoms with Crippen molar-refractivity contribution in [1.82, 2.24) is 0 Å². The molecule has 0 aliphatic heterocycles. The van der Waals surface area contributed by atoms with Gasteiger partial charge in [-0.25, -0.2) is 4.79 Å². The summed E-state index contributed by atoms with van der Waals surface area (Å²) in [5.41, 5.74) is 10.6. The topological polar surface area (TPSA) is 88.0 Å². The molecule has 2 aromatic carbocycles. The Morgan fingerprint density at radius 3 is 2.00 bits per heavy atom. The second-order valence-corrected chi connectivity index (χ2v) is 6.40. The molecular formula is C19H23N3O2. The molecule has 0 aliphatic rings. The molecule has 0 atom stereocenters. The van der Waals surface area contributed by atoms with Crippen LogP contribution in [0, 0.1) is 0 Å². The average Bonchev–Trinajstić information content (AvgIpc) is 2.53. The molecule has 0 heterocycles. The highest BCUT2D eigenvalue weighted by Crippen LogP contribution is 2.35. The monoisotopic (exact) mass is 325 g/mol. The number of benzene rings is 2. The molecule has 24 heavy (non-hydrogen) atoms. The maximum atomic E-state index is 11.0. The fourth-order valence-electron chi connectivity index (χ4n) is 2.51. The van der Waals surface area contributed by atoms with Crippen molar-refractivity contribution in [3.05, 3.63) is 53.1 Å². The quantitative estimate of drug-likeness (QED) is 0.551. The van der Waals surface area contributed by atoms with Gasteiger partial charge in [-0.05, 0) is 53.3 Å². The molecule has 0 fully saturated rings. The summed E-state index contributed by atoms with van der Waals surface area (Å²) in [4.78, 5) is 11.0. The molecular weight excluding hydrogens is 302 g/mol. The van der Waals surface area contributed by atoms with Crippen LogP contribution in [0.3, 0.4) is 0 Å². The molecule has 3 N–H and O–H groups in total. The summed E-state index contributed by atoms with van der Waals surface area (Å²) in [6.07, 6.45) is 0. The first-order chi connectivity index (χ1) is 11.3. The van der Waals surface area contributed by atoms with Gasteiger partial charge in [0.25, 0.3) is 0 Å². The number of nitrogens with zero attached hydrogens (tertiary/aromatic N) is 2. The lowest BCUT2D eigenvalue weighted by molar-refractivity contribution is 0.0697. The van der Waals surface area contributed by atoms with E-state index >= 15 is 0 Å². The fourth-order valence-corrected chi connectivity index (χ4v) is 2.51. The minimum Gasteiger partial charge on any atom is -0.478 e. The molecule has 126 valence electrons. The van der Waals surface area contributed by atoms with E-state index in [0.29, 0.717) is 5.69 Å². The van der Waals surface area contributed by atoms with Crippen molar-refractivity contribution in [2.24, 2.45) is 10.2 Å². The third-order valence-electron chi connectivity index (χ3n) is 3.85. The van der Waals surface area contributed by atoms with Crippen LogP contribution in [-0.2, 0) is 0 Å². The average molecular weight is 325 g/mol. The third kappa shape index (κ3) is 3.98. The second kappa shape index (κ2) is 7.25. The minimum absolute atomic E-state index is 0.189. The van der Waals surface area contributed by atoms with E-state index in [9.17, 15) is 4.79 Å². The van der Waals surface area contributed by atoms with E-state index in [-0.39, 0.29) is 17.4 Å². The highest BCUT2D eigenvalue weighted by molar-refractivity contribution is 5.88. The molecule has 5 nitrogen and oxygen atoms in total. The second-order valence-electron chi connectivity index (χ2n) is 6.40. The Morgan fingerprint density at radius 2 is 1.50 bits per heavy atom. The van der Waals surface area contributed by atoms with E-state index in [0.717, 1.165) is 22.5 Å². The lowest BCUT2D eigenvalue weighted by atomic mass is 9.92. The Hall–Kier alpha value is -2.69. The van der Waals surface area contributed by atoms with Crippen molar-refractivity contribution >= 4 is 23.0 Å². The van der Waals surface area contributed by atoms with Crippen molar-refractivity contribution in [1.29, 1.82) is 0 Å². The van der Waals surface area contributed by atoms with Crippen LogP contribution >= 0.6 is 0 Å². The lowest BCUT2D eigenvalue weighted by Crippen LogP contribution is -2.02. The van der Waals surface area contributed by atoms with Crippen LogP contribution in [0.4, 0.5) is 17.1 Å². The molecule has 0 aliphatic carbocycles. The maximum absolute atomic E-state index is 11.0. The molecule has 0 unspecified atom stereocenters. The number of carbonyl (C=O) groups is 1. The van der Waals surface area contributed by atoms with Gasteiger partial charge in [0.15, 0.2) is 0 Å². The lowest BCUT2D eigenvalue weighted by Gasteiger charge is -2.17. The highest BCUT2D eigenvalue weighted by Gasteiger charge is 2.13. The van der Waals surface area contributed by atoms with E-state index in [1.54, 1.807) is 12.1 Å². The van der Waals surface area contributed by atoms with Gasteiger partial charge in [0.2, 0.25) is 0 Å². The zero-order valence-corrected chi connectivity index (χ0v) is 14.4. The number of nitrogen functional groups attached to an aromatic ring is 1. The van der Waals surface area contributed by atoms with E-state index in [2.05, 4.69) is 37.9 Å². The zero-order chi connectivity index (χ0) is 17.9. The van der Waals surface area contributed by atoms with Gasteiger partial charge in [-0.3, -0.25) is 0 Å². The normalized spacial score (nSPS) is 11.6. The van der Waals surface area contributed by atoms with Crippen molar-refractivity contribution in [2.75, 3.05) is 5.73 Å². The van der Waals surface area contributed by atoms with Crippen molar-refractivity contribution in [2.45, 2.75) is 39.5 Å². The van der Waals surface area contributed by atoms with Crippen LogP contribution < -0.4 is 5.73 Å². The number of rotatable bonds is 5. The van der Waals surface area contributed by atoms with Gasteiger partial charge in [0, 0.05) is 5.69 Å². The third-order valence-corrected chi connectivity index (χ3v) is 3.85. The predicted octanol–water partition coefficient (Wildman–Crippen LogP) is 5.63. The molecule has 0 amide bonds. The SMILES string of the molecule is CC(C)c1cc(N=Nc2cccc(C(=O)O)c2)cc(C(C)C)c1N. The van der Waals surface area contributed by atoms with Crippen LogP contribution in [0.5, 0.6) is 0 Å². The summed E-state index contributed by atoms with van der Waals surface area (Å²) in [7, 11) is 0. The molecule has 0 saturated heterocycles. The van der Waals surface area contributed by atoms with E-state index in [1.165, 1.54) is 12.1 Å². The number of hydrogen-bond acceptors (Lipinski definition) is 4. The first-order valence-corrected chi connectivity index (χ1v) is 7.98. The van der Waals surface area contributed by atoms with Crippen molar-refractivity contribution in [3.63, 3.8) is 0 Å². The van der Waals surface area contributed by atoms with Gasteiger partial charge >= 0.3 is 5.97 Å². The summed E-state index contributed by atoms with van der Waals surface area (Å²) < 4.78 is 0. The van der Waals surface area contributed by atoms with Crippen molar-refractivity contribution in [3.8, 4) is 0 Å². The first-order valence-electron chi connectivity index (χ1n) is 7.98. The standard InChI is InChI=1S/C19H23N3O2/c1-11(2)16-9-15(10-17(12(3)4)18(16)20)22-21-14-7-5-6-13(8-14)19(23)24/h5-12H,20H2,1-4H3,(H,23,24). The van der Waals surface area contributed by atoms with Crippen LogP contribution in [0.25, 0.3) is 0 Å². The Morgan fingerprint density at radius 1 is 0.958 bits per heavy atom. The Labute approximate surface area is 142 Å². The maximum Gasteiger partial charge on any atom is 0.335 e. The predicted molar refractivity (Wildman–Crippen MR) is 96.6 cm³/mol. The zero-order valence-electron chi connectivity index (χ0n) is 14.4. The number of hydrogen-bond donors (Lipinski definition) is 2. The van der Waals surface area contributed by atoms with Gasteiger partial charge in [0.05, 0.1) is 16.9 Å². The smallest absolute Gasteiger partial charge is 0.335 e. The summed E-state index contributed by atoms with van der Waals surface area (Å²) in [5, 5.41) is 17.5. The number of azo groups is 1. The Kier molecular flexibility index (Phi) is 5.34. The highest BCUT2D eigenvalue weighted by atomic mass is 16.4. The number of nitrogens with two attached hydrogens (primary N) is 1. The van der Waals surface area contributed by atoms with Gasteiger partial charge in [-0.2, -0.15) is 10.2 Å². The molecule has 0 spiro atoms. The van der Waals surface area contributed by atoms with Crippen LogP contribution in [-0.4, -0.2) is 11.1 Å². The van der Waals surface area contributed by atoms with Crippen LogP contribution in [0.15, 0.2) is 46.6 Å². The minimum atomic E-state index is -0.983. The molecule has 0 aromatic heterocycles. The molecule has 5 heteroatoms. The van der Waals surface area contributed by atoms with Gasteiger partial charge < -0.3 is 10.8 Å². The number of anilines is 1. The fraction of sp³-hybridized carbons (Fsp3) is 0.316. The van der Waals surface area contributed by atoms with Gasteiger partial charge in [0.1, 0.15) is 0 Å². The van der Waals surface area contributed by atoms with Crippen molar-refractivity contribution < 1.29 is 9.90 Å². The van der Waals surface area contributed by atoms with Gasteiger partial charge in [-0.15, -0.1) is 0 Å². The molecule has 2 rings (SSSR count). The number of carboxylic acid groups (broad SMARTS) is 1. The Balaban J connectivity index is 2.42. The van der Waals surface area contributed by atoms with E-state index in [4.69, 9.17) is 10.8 Å². The van der Waals surface area contributed by atoms with E-state index in [1.807, 2.05) is 12.1 Å². The summed E-state index contributed by atoms with van der Waals surface area (Å²) in [6.45, 7) is 8.36. The summed E-state index contributed by atoms with van der Waals surface area (Å²) in [5.74, 6) is -0.412. The summed E-state index contributed by atoms with van der Waals surface area (Å²) >= 11 is 0. The molecule has 2 aromatic rings.